The standard InChI is InChI=1S/C18H20BrN3O3/c19-18-21-14(16(24)20-11-12-7-3-1-4-8-12)15(23)17(25)22(18)13-9-5-2-6-10-13/h2,5-6,9-10,12,23H,1,3-4,7-8,11H2,(H,20,24). The van der Waals surface area contributed by atoms with Crippen LogP contribution in [-0.2, 0) is 0 Å². The fraction of sp³-hybridized carbons (Fsp3) is 0.389. The highest BCUT2D eigenvalue weighted by molar-refractivity contribution is 9.10. The van der Waals surface area contributed by atoms with Gasteiger partial charge >= 0.3 is 5.56 Å². The van der Waals surface area contributed by atoms with Crippen molar-refractivity contribution in [1.29, 1.82) is 0 Å². The molecule has 6 nitrogen and oxygen atoms in total. The average molecular weight is 406 g/mol. The van der Waals surface area contributed by atoms with Crippen LogP contribution in [0.3, 0.4) is 0 Å². The lowest BCUT2D eigenvalue weighted by molar-refractivity contribution is 0.0934. The number of benzene rings is 1. The summed E-state index contributed by atoms with van der Waals surface area (Å²) in [5, 5.41) is 13.0. The Morgan fingerprint density at radius 3 is 2.60 bits per heavy atom. The van der Waals surface area contributed by atoms with E-state index in [0.29, 0.717) is 18.2 Å². The molecule has 0 aliphatic heterocycles. The van der Waals surface area contributed by atoms with E-state index in [1.165, 1.54) is 23.8 Å². The van der Waals surface area contributed by atoms with Crippen molar-refractivity contribution in [1.82, 2.24) is 14.9 Å². The molecule has 1 aliphatic rings. The molecule has 3 rings (SSSR count). The molecule has 0 unspecified atom stereocenters. The van der Waals surface area contributed by atoms with Crippen molar-refractivity contribution in [3.63, 3.8) is 0 Å². The highest BCUT2D eigenvalue weighted by Gasteiger charge is 2.22. The number of hydrogen-bond donors (Lipinski definition) is 2. The van der Waals surface area contributed by atoms with E-state index < -0.39 is 17.2 Å². The molecule has 7 heteroatoms. The van der Waals surface area contributed by atoms with Gasteiger partial charge in [-0.15, -0.1) is 0 Å². The second kappa shape index (κ2) is 7.82. The third-order valence-corrected chi connectivity index (χ3v) is 5.06. The van der Waals surface area contributed by atoms with E-state index in [4.69, 9.17) is 0 Å². The fourth-order valence-corrected chi connectivity index (χ4v) is 3.70. The molecule has 25 heavy (non-hydrogen) atoms. The molecular formula is C18H20BrN3O3. The minimum absolute atomic E-state index is 0.171. The van der Waals surface area contributed by atoms with E-state index in [-0.39, 0.29) is 10.4 Å². The Morgan fingerprint density at radius 1 is 1.24 bits per heavy atom. The molecule has 1 aromatic carbocycles. The molecular weight excluding hydrogens is 386 g/mol. The topological polar surface area (TPSA) is 84.2 Å². The fourth-order valence-electron chi connectivity index (χ4n) is 3.16. The molecule has 1 heterocycles. The Hall–Kier alpha value is -2.15. The lowest BCUT2D eigenvalue weighted by Crippen LogP contribution is -2.33. The second-order valence-corrected chi connectivity index (χ2v) is 6.98. The molecule has 2 aromatic rings. The number of aromatic hydroxyl groups is 1. The van der Waals surface area contributed by atoms with Crippen LogP contribution >= 0.6 is 15.9 Å². The van der Waals surface area contributed by atoms with Gasteiger partial charge in [0.05, 0.1) is 5.69 Å². The summed E-state index contributed by atoms with van der Waals surface area (Å²) >= 11 is 3.23. The van der Waals surface area contributed by atoms with Gasteiger partial charge < -0.3 is 10.4 Å². The lowest BCUT2D eigenvalue weighted by Gasteiger charge is -2.21. The average Bonchev–Trinajstić information content (AvgIpc) is 2.64. The first-order valence-corrected chi connectivity index (χ1v) is 9.22. The quantitative estimate of drug-likeness (QED) is 0.765. The maximum Gasteiger partial charge on any atom is 0.301 e. The molecule has 0 saturated heterocycles. The van der Waals surface area contributed by atoms with Gasteiger partial charge in [0.25, 0.3) is 5.91 Å². The van der Waals surface area contributed by atoms with Crippen molar-refractivity contribution in [3.8, 4) is 11.4 Å². The molecule has 132 valence electrons. The number of aromatic nitrogens is 2. The summed E-state index contributed by atoms with van der Waals surface area (Å²) in [5.41, 5.74) is -0.382. The molecule has 1 fully saturated rings. The van der Waals surface area contributed by atoms with Gasteiger partial charge in [0.2, 0.25) is 5.75 Å². The molecule has 1 aromatic heterocycles. The van der Waals surface area contributed by atoms with E-state index in [9.17, 15) is 14.7 Å². The number of nitrogens with zero attached hydrogens (tertiary/aromatic N) is 2. The van der Waals surface area contributed by atoms with Gasteiger partial charge in [-0.2, -0.15) is 0 Å². The maximum atomic E-state index is 12.5. The number of hydrogen-bond acceptors (Lipinski definition) is 4. The molecule has 2 N–H and O–H groups in total. The highest BCUT2D eigenvalue weighted by atomic mass is 79.9. The van der Waals surface area contributed by atoms with Crippen LogP contribution in [0, 0.1) is 5.92 Å². The summed E-state index contributed by atoms with van der Waals surface area (Å²) < 4.78 is 1.39. The monoisotopic (exact) mass is 405 g/mol. The molecule has 1 saturated carbocycles. The molecule has 0 bridgehead atoms. The predicted octanol–water partition coefficient (Wildman–Crippen LogP) is 3.01. The van der Waals surface area contributed by atoms with Gasteiger partial charge in [-0.25, -0.2) is 4.98 Å². The van der Waals surface area contributed by atoms with Crippen LogP contribution in [0.4, 0.5) is 0 Å². The van der Waals surface area contributed by atoms with Gasteiger partial charge in [-0.05, 0) is 46.8 Å². The molecule has 0 spiro atoms. The van der Waals surface area contributed by atoms with Crippen LogP contribution in [0.25, 0.3) is 5.69 Å². The second-order valence-electron chi connectivity index (χ2n) is 6.27. The van der Waals surface area contributed by atoms with Gasteiger partial charge in [0.1, 0.15) is 0 Å². The summed E-state index contributed by atoms with van der Waals surface area (Å²) in [6.07, 6.45) is 5.81. The number of nitrogens with one attached hydrogen (secondary N) is 1. The third kappa shape index (κ3) is 3.92. The molecule has 1 aliphatic carbocycles. The minimum Gasteiger partial charge on any atom is -0.501 e. The van der Waals surface area contributed by atoms with Gasteiger partial charge in [0, 0.05) is 6.54 Å². The minimum atomic E-state index is -0.684. The zero-order valence-corrected chi connectivity index (χ0v) is 15.3. The predicted molar refractivity (Wildman–Crippen MR) is 98.1 cm³/mol. The molecule has 0 radical (unpaired) electrons. The van der Waals surface area contributed by atoms with Crippen molar-refractivity contribution in [2.45, 2.75) is 32.1 Å². The van der Waals surface area contributed by atoms with Crippen LogP contribution in [0.2, 0.25) is 0 Å². The largest absolute Gasteiger partial charge is 0.501 e. The number of carbonyl (C=O) groups excluding carboxylic acids is 1. The van der Waals surface area contributed by atoms with E-state index in [1.807, 2.05) is 6.07 Å². The Bertz CT molecular complexity index is 814. The van der Waals surface area contributed by atoms with Crippen LogP contribution < -0.4 is 10.9 Å². The molecule has 0 atom stereocenters. The first kappa shape index (κ1) is 17.7. The number of para-hydroxylation sites is 1. The summed E-state index contributed by atoms with van der Waals surface area (Å²) in [5.74, 6) is -0.720. The van der Waals surface area contributed by atoms with Crippen molar-refractivity contribution < 1.29 is 9.90 Å². The van der Waals surface area contributed by atoms with E-state index in [2.05, 4.69) is 26.2 Å². The SMILES string of the molecule is O=C(NCC1CCCCC1)c1nc(Br)n(-c2ccccc2)c(=O)c1O. The van der Waals surface area contributed by atoms with Gasteiger partial charge in [0.15, 0.2) is 10.4 Å². The Morgan fingerprint density at radius 2 is 1.92 bits per heavy atom. The zero-order valence-electron chi connectivity index (χ0n) is 13.7. The first-order chi connectivity index (χ1) is 12.1. The van der Waals surface area contributed by atoms with E-state index >= 15 is 0 Å². The van der Waals surface area contributed by atoms with Gasteiger partial charge in [-0.3, -0.25) is 14.2 Å². The zero-order chi connectivity index (χ0) is 17.8. The van der Waals surface area contributed by atoms with Crippen molar-refractivity contribution >= 4 is 21.8 Å². The third-order valence-electron chi connectivity index (χ3n) is 4.52. The van der Waals surface area contributed by atoms with Crippen molar-refractivity contribution in [2.24, 2.45) is 5.92 Å². The maximum absolute atomic E-state index is 12.5. The number of carbonyl (C=O) groups is 1. The van der Waals surface area contributed by atoms with Gasteiger partial charge in [-0.1, -0.05) is 37.5 Å². The summed E-state index contributed by atoms with van der Waals surface area (Å²) in [6, 6.07) is 8.81. The highest BCUT2D eigenvalue weighted by Crippen LogP contribution is 2.23. The summed E-state index contributed by atoms with van der Waals surface area (Å²) in [6.45, 7) is 0.541. The number of amides is 1. The number of rotatable bonds is 4. The van der Waals surface area contributed by atoms with Crippen molar-refractivity contribution in [2.75, 3.05) is 6.54 Å². The van der Waals surface area contributed by atoms with Crippen LogP contribution in [0.5, 0.6) is 5.75 Å². The number of halogens is 1. The smallest absolute Gasteiger partial charge is 0.301 e. The van der Waals surface area contributed by atoms with Crippen LogP contribution in [-0.4, -0.2) is 27.1 Å². The normalized spacial score (nSPS) is 15.1. The summed E-state index contributed by atoms with van der Waals surface area (Å²) in [7, 11) is 0. The van der Waals surface area contributed by atoms with Crippen LogP contribution in [0.1, 0.15) is 42.6 Å². The molecule has 1 amide bonds. The Balaban J connectivity index is 1.83. The lowest BCUT2D eigenvalue weighted by atomic mass is 9.89. The van der Waals surface area contributed by atoms with Crippen molar-refractivity contribution in [3.05, 3.63) is 51.1 Å². The van der Waals surface area contributed by atoms with E-state index in [1.54, 1.807) is 24.3 Å². The Kier molecular flexibility index (Phi) is 5.53. The van der Waals surface area contributed by atoms with Crippen LogP contribution in [0.15, 0.2) is 39.9 Å². The first-order valence-electron chi connectivity index (χ1n) is 8.43. The van der Waals surface area contributed by atoms with E-state index in [0.717, 1.165) is 12.8 Å². The summed E-state index contributed by atoms with van der Waals surface area (Å²) in [4.78, 5) is 28.9. The Labute approximate surface area is 154 Å².